The van der Waals surface area contributed by atoms with Crippen molar-refractivity contribution in [3.63, 3.8) is 0 Å². The van der Waals surface area contributed by atoms with Gasteiger partial charge in [-0.1, -0.05) is 49.8 Å². The Labute approximate surface area is 202 Å². The van der Waals surface area contributed by atoms with Gasteiger partial charge in [-0.15, -0.1) is 0 Å². The smallest absolute Gasteiger partial charge is 0.188 e. The number of hydrogen-bond acceptors (Lipinski definition) is 5. The van der Waals surface area contributed by atoms with Crippen molar-refractivity contribution in [1.82, 2.24) is 0 Å². The van der Waals surface area contributed by atoms with Gasteiger partial charge in [-0.25, -0.2) is 0 Å². The fourth-order valence-electron chi connectivity index (χ4n) is 9.58. The summed E-state index contributed by atoms with van der Waals surface area (Å²) in [4.78, 5) is 0. The monoisotopic (exact) mass is 466 g/mol. The van der Waals surface area contributed by atoms with Gasteiger partial charge in [0.05, 0.1) is 32.0 Å². The maximum absolute atomic E-state index is 13.0. The van der Waals surface area contributed by atoms with E-state index in [-0.39, 0.29) is 16.7 Å². The van der Waals surface area contributed by atoms with Crippen molar-refractivity contribution in [2.75, 3.05) is 26.4 Å². The second-order valence-corrected chi connectivity index (χ2v) is 12.3. The summed E-state index contributed by atoms with van der Waals surface area (Å²) in [5, 5.41) is 13.0. The molecule has 0 aromatic heterocycles. The van der Waals surface area contributed by atoms with E-state index in [9.17, 15) is 5.11 Å². The summed E-state index contributed by atoms with van der Waals surface area (Å²) < 4.78 is 25.0. The second-order valence-electron chi connectivity index (χ2n) is 12.3. The average Bonchev–Trinajstić information content (AvgIpc) is 3.56. The molecule has 6 atom stereocenters. The van der Waals surface area contributed by atoms with Gasteiger partial charge in [0, 0.05) is 24.2 Å². The minimum absolute atomic E-state index is 0.0808. The predicted octanol–water partition coefficient (Wildman–Crippen LogP) is 4.93. The lowest BCUT2D eigenvalue weighted by atomic mass is 9.42. The molecule has 2 heterocycles. The predicted molar refractivity (Wildman–Crippen MR) is 127 cm³/mol. The number of rotatable bonds is 1. The van der Waals surface area contributed by atoms with Gasteiger partial charge in [0.25, 0.3) is 0 Å². The molecule has 5 heteroatoms. The molecule has 0 radical (unpaired) electrons. The van der Waals surface area contributed by atoms with Gasteiger partial charge in [-0.05, 0) is 61.0 Å². The van der Waals surface area contributed by atoms with E-state index in [1.165, 1.54) is 5.57 Å². The molecule has 1 N–H and O–H groups in total. The molecule has 5 fully saturated rings. The maximum atomic E-state index is 13.0. The van der Waals surface area contributed by atoms with Gasteiger partial charge < -0.3 is 24.1 Å². The van der Waals surface area contributed by atoms with Gasteiger partial charge >= 0.3 is 0 Å². The normalized spacial score (nSPS) is 46.2. The lowest BCUT2D eigenvalue weighted by Crippen LogP contribution is -2.64. The van der Waals surface area contributed by atoms with E-state index in [1.807, 2.05) is 6.07 Å². The summed E-state index contributed by atoms with van der Waals surface area (Å²) in [7, 11) is 0. The lowest BCUT2D eigenvalue weighted by molar-refractivity contribution is -0.281. The van der Waals surface area contributed by atoms with Gasteiger partial charge in [0.15, 0.2) is 11.6 Å². The first-order chi connectivity index (χ1) is 16.3. The highest BCUT2D eigenvalue weighted by molar-refractivity contribution is 5.35. The fraction of sp³-hybridized carbons (Fsp3) is 0.724. The topological polar surface area (TPSA) is 57.2 Å². The molecule has 5 nitrogen and oxygen atoms in total. The summed E-state index contributed by atoms with van der Waals surface area (Å²) in [5.74, 6) is -0.0233. The van der Waals surface area contributed by atoms with Crippen molar-refractivity contribution in [3.8, 4) is 0 Å². The highest BCUT2D eigenvalue weighted by Gasteiger charge is 2.72. The van der Waals surface area contributed by atoms with Crippen molar-refractivity contribution in [1.29, 1.82) is 0 Å². The van der Waals surface area contributed by atoms with E-state index in [0.29, 0.717) is 44.7 Å². The van der Waals surface area contributed by atoms with Crippen molar-refractivity contribution in [3.05, 3.63) is 47.5 Å². The molecule has 3 saturated carbocycles. The molecule has 0 unspecified atom stereocenters. The Morgan fingerprint density at radius 2 is 1.56 bits per heavy atom. The standard InChI is InChI=1S/C29H38O5/c1-25-12-13-27(31-14-15-32-27)18-21(25)8-9-22-23-10-11-29(33-16-17-34-29)26(23,2)19-28(30,24(22)25)20-6-4-3-5-7-20/h3-7,18,22-24,30H,8-17,19H2,1-2H3/t22-,23-,24-,25-,26-,28+/m0/s1. The van der Waals surface area contributed by atoms with Crippen LogP contribution in [0.25, 0.3) is 0 Å². The average molecular weight is 467 g/mol. The summed E-state index contributed by atoms with van der Waals surface area (Å²) in [6, 6.07) is 10.5. The van der Waals surface area contributed by atoms with Crippen LogP contribution in [0.2, 0.25) is 0 Å². The molecule has 1 aromatic carbocycles. The van der Waals surface area contributed by atoms with Crippen molar-refractivity contribution in [2.24, 2.45) is 28.6 Å². The van der Waals surface area contributed by atoms with Crippen molar-refractivity contribution < 1.29 is 24.1 Å². The van der Waals surface area contributed by atoms with Crippen LogP contribution >= 0.6 is 0 Å². The zero-order valence-electron chi connectivity index (χ0n) is 20.6. The number of aliphatic hydroxyl groups is 1. The molecule has 184 valence electrons. The summed E-state index contributed by atoms with van der Waals surface area (Å²) >= 11 is 0. The van der Waals surface area contributed by atoms with E-state index in [2.05, 4.69) is 44.2 Å². The molecular weight excluding hydrogens is 428 g/mol. The Hall–Kier alpha value is -1.24. The first-order valence-electron chi connectivity index (χ1n) is 13.4. The zero-order chi connectivity index (χ0) is 23.2. The molecule has 2 aliphatic heterocycles. The van der Waals surface area contributed by atoms with E-state index in [0.717, 1.165) is 44.1 Å². The molecule has 1 aromatic rings. The zero-order valence-corrected chi connectivity index (χ0v) is 20.6. The quantitative estimate of drug-likeness (QED) is 0.595. The molecule has 2 saturated heterocycles. The Bertz CT molecular complexity index is 993. The molecule has 4 aliphatic carbocycles. The summed E-state index contributed by atoms with van der Waals surface area (Å²) in [5.41, 5.74) is 1.24. The number of hydrogen-bond donors (Lipinski definition) is 1. The van der Waals surface area contributed by atoms with E-state index < -0.39 is 17.2 Å². The van der Waals surface area contributed by atoms with Crippen LogP contribution in [0.3, 0.4) is 0 Å². The van der Waals surface area contributed by atoms with E-state index in [1.54, 1.807) is 0 Å². The second kappa shape index (κ2) is 7.17. The Morgan fingerprint density at radius 3 is 2.29 bits per heavy atom. The van der Waals surface area contributed by atoms with Crippen LogP contribution in [-0.4, -0.2) is 43.1 Å². The third-order valence-electron chi connectivity index (χ3n) is 10.9. The molecule has 6 aliphatic rings. The van der Waals surface area contributed by atoms with E-state index >= 15 is 0 Å². The van der Waals surface area contributed by atoms with Crippen LogP contribution in [0, 0.1) is 28.6 Å². The largest absolute Gasteiger partial charge is 0.385 e. The number of ether oxygens (including phenoxy) is 4. The van der Waals surface area contributed by atoms with Gasteiger partial charge in [-0.3, -0.25) is 0 Å². The summed E-state index contributed by atoms with van der Waals surface area (Å²) in [6.45, 7) is 7.43. The van der Waals surface area contributed by atoms with Crippen LogP contribution in [-0.2, 0) is 24.5 Å². The van der Waals surface area contributed by atoms with Gasteiger partial charge in [0.2, 0.25) is 0 Å². The van der Waals surface area contributed by atoms with Crippen LogP contribution in [0.5, 0.6) is 0 Å². The first kappa shape index (κ1) is 22.0. The Kier molecular flexibility index (Phi) is 4.64. The minimum atomic E-state index is -0.944. The van der Waals surface area contributed by atoms with Crippen molar-refractivity contribution in [2.45, 2.75) is 76.0 Å². The Morgan fingerprint density at radius 1 is 0.853 bits per heavy atom. The number of allylic oxidation sites excluding steroid dienone is 1. The van der Waals surface area contributed by atoms with Crippen LogP contribution in [0.4, 0.5) is 0 Å². The molecule has 7 rings (SSSR count). The molecule has 2 spiro atoms. The van der Waals surface area contributed by atoms with Crippen LogP contribution in [0.15, 0.2) is 42.0 Å². The molecule has 34 heavy (non-hydrogen) atoms. The molecule has 0 bridgehead atoms. The minimum Gasteiger partial charge on any atom is -0.385 e. The highest BCUT2D eigenvalue weighted by Crippen LogP contribution is 2.73. The SMILES string of the molecule is C[C@]12CCC3(C=C1CC[C@@H]1[C@@H]2[C@](O)(c2ccccc2)C[C@@]2(C)[C@H]1CCC21OCCO1)OCCO3. The lowest BCUT2D eigenvalue weighted by Gasteiger charge is -2.65. The number of fused-ring (bicyclic) bond motifs is 6. The summed E-state index contributed by atoms with van der Waals surface area (Å²) in [6.07, 6.45) is 9.03. The molecular formula is C29H38O5. The maximum Gasteiger partial charge on any atom is 0.188 e. The van der Waals surface area contributed by atoms with Gasteiger partial charge in [0.1, 0.15) is 0 Å². The third kappa shape index (κ3) is 2.68. The van der Waals surface area contributed by atoms with Crippen molar-refractivity contribution >= 4 is 0 Å². The third-order valence-corrected chi connectivity index (χ3v) is 10.9. The Balaban J connectivity index is 1.38. The first-order valence-corrected chi connectivity index (χ1v) is 13.4. The van der Waals surface area contributed by atoms with Gasteiger partial charge in [-0.2, -0.15) is 0 Å². The van der Waals surface area contributed by atoms with Crippen LogP contribution in [0.1, 0.15) is 64.4 Å². The number of benzene rings is 1. The molecule has 0 amide bonds. The fourth-order valence-corrected chi connectivity index (χ4v) is 9.58. The van der Waals surface area contributed by atoms with Crippen LogP contribution < -0.4 is 0 Å². The highest BCUT2D eigenvalue weighted by atomic mass is 16.7. The van der Waals surface area contributed by atoms with E-state index in [4.69, 9.17) is 18.9 Å².